The van der Waals surface area contributed by atoms with Crippen molar-refractivity contribution in [2.24, 2.45) is 0 Å². The lowest BCUT2D eigenvalue weighted by Crippen LogP contribution is -1.85. The van der Waals surface area contributed by atoms with E-state index in [2.05, 4.69) is 0 Å². The number of hydrogen-bond donors (Lipinski definition) is 0. The van der Waals surface area contributed by atoms with Gasteiger partial charge in [-0.25, -0.2) is 0 Å². The van der Waals surface area contributed by atoms with E-state index in [1.165, 1.54) is 0 Å². The zero-order chi connectivity index (χ0) is 5.65. The molecule has 7 heavy (non-hydrogen) atoms. The van der Waals surface area contributed by atoms with Crippen molar-refractivity contribution in [1.29, 1.82) is 0 Å². The van der Waals surface area contributed by atoms with Gasteiger partial charge in [0.25, 0.3) is 0 Å². The van der Waals surface area contributed by atoms with Gasteiger partial charge in [-0.3, -0.25) is 0 Å². The summed E-state index contributed by atoms with van der Waals surface area (Å²) in [5.41, 5.74) is 0. The average molecular weight is 178 g/mol. The standard InChI is InChI=1S/C3Cl4/c4-1-2(5)3(1,6)7. The van der Waals surface area contributed by atoms with E-state index in [-0.39, 0.29) is 0 Å². The van der Waals surface area contributed by atoms with Gasteiger partial charge in [-0.05, 0) is 0 Å². The van der Waals surface area contributed by atoms with E-state index < -0.39 is 4.33 Å². The summed E-state index contributed by atoms with van der Waals surface area (Å²) in [4.78, 5) is 0. The van der Waals surface area contributed by atoms with Gasteiger partial charge >= 0.3 is 0 Å². The van der Waals surface area contributed by atoms with Gasteiger partial charge < -0.3 is 0 Å². The maximum atomic E-state index is 5.37. The normalized spacial score (nSPS) is 25.7. The van der Waals surface area contributed by atoms with E-state index in [4.69, 9.17) is 46.4 Å². The fraction of sp³-hybridized carbons (Fsp3) is 0.333. The molecule has 1 aliphatic carbocycles. The number of rotatable bonds is 0. The van der Waals surface area contributed by atoms with Crippen LogP contribution in [-0.4, -0.2) is 4.33 Å². The van der Waals surface area contributed by atoms with Crippen molar-refractivity contribution in [3.63, 3.8) is 0 Å². The molecule has 0 fully saturated rings. The van der Waals surface area contributed by atoms with E-state index in [1.807, 2.05) is 0 Å². The van der Waals surface area contributed by atoms with Crippen LogP contribution in [0.4, 0.5) is 0 Å². The van der Waals surface area contributed by atoms with Crippen molar-refractivity contribution >= 4 is 46.4 Å². The molecule has 0 nitrogen and oxygen atoms in total. The minimum Gasteiger partial charge on any atom is -0.0888 e. The largest absolute Gasteiger partial charge is 0.191 e. The summed E-state index contributed by atoms with van der Waals surface area (Å²) in [5.74, 6) is 0. The first kappa shape index (κ1) is 6.03. The van der Waals surface area contributed by atoms with Gasteiger partial charge in [0.15, 0.2) is 4.33 Å². The predicted octanol–water partition coefficient (Wildman–Crippen LogP) is 2.86. The van der Waals surface area contributed by atoms with Crippen molar-refractivity contribution in [3.8, 4) is 0 Å². The van der Waals surface area contributed by atoms with Gasteiger partial charge in [-0.1, -0.05) is 46.4 Å². The van der Waals surface area contributed by atoms with Gasteiger partial charge in [0, 0.05) is 0 Å². The van der Waals surface area contributed by atoms with Crippen LogP contribution >= 0.6 is 46.4 Å². The Morgan fingerprint density at radius 3 is 1.14 bits per heavy atom. The van der Waals surface area contributed by atoms with Crippen LogP contribution in [0.25, 0.3) is 0 Å². The van der Waals surface area contributed by atoms with Crippen molar-refractivity contribution in [2.75, 3.05) is 0 Å². The summed E-state index contributed by atoms with van der Waals surface area (Å²) in [6, 6.07) is 0. The van der Waals surface area contributed by atoms with Gasteiger partial charge in [0.05, 0.1) is 10.1 Å². The Labute approximate surface area is 61.0 Å². The number of hydrogen-bond acceptors (Lipinski definition) is 0. The average Bonchev–Trinajstić information content (AvgIpc) is 1.91. The van der Waals surface area contributed by atoms with Crippen molar-refractivity contribution < 1.29 is 0 Å². The van der Waals surface area contributed by atoms with E-state index in [0.29, 0.717) is 10.1 Å². The topological polar surface area (TPSA) is 0 Å². The van der Waals surface area contributed by atoms with Gasteiger partial charge in [-0.15, -0.1) is 0 Å². The predicted molar refractivity (Wildman–Crippen MR) is 33.2 cm³/mol. The number of halogens is 4. The fourth-order valence-electron chi connectivity index (χ4n) is 0.184. The minimum absolute atomic E-state index is 0.345. The molecule has 0 aromatic carbocycles. The molecule has 0 radical (unpaired) electrons. The van der Waals surface area contributed by atoms with Crippen LogP contribution in [0.5, 0.6) is 0 Å². The Hall–Kier alpha value is 0.900. The summed E-state index contributed by atoms with van der Waals surface area (Å²) in [5, 5.41) is 0.690. The Morgan fingerprint density at radius 2 is 1.14 bits per heavy atom. The maximum Gasteiger partial charge on any atom is 0.191 e. The van der Waals surface area contributed by atoms with Crippen molar-refractivity contribution in [1.82, 2.24) is 0 Å². The second-order valence-electron chi connectivity index (χ2n) is 1.20. The van der Waals surface area contributed by atoms with Crippen LogP contribution in [0.15, 0.2) is 10.1 Å². The van der Waals surface area contributed by atoms with Gasteiger partial charge in [0.1, 0.15) is 0 Å². The lowest BCUT2D eigenvalue weighted by molar-refractivity contribution is 1.48. The summed E-state index contributed by atoms with van der Waals surface area (Å²) in [6.07, 6.45) is 0. The Balaban J connectivity index is 2.69. The molecule has 0 saturated heterocycles. The van der Waals surface area contributed by atoms with Gasteiger partial charge in [0.2, 0.25) is 0 Å². The van der Waals surface area contributed by atoms with Crippen LogP contribution in [-0.2, 0) is 0 Å². The third kappa shape index (κ3) is 0.746. The lowest BCUT2D eigenvalue weighted by Gasteiger charge is -1.88. The molecule has 0 saturated carbocycles. The van der Waals surface area contributed by atoms with E-state index >= 15 is 0 Å². The summed E-state index contributed by atoms with van der Waals surface area (Å²) in [7, 11) is 0. The molecule has 0 aromatic rings. The molecule has 0 aliphatic heterocycles. The molecular formula is C3Cl4. The molecular weight excluding hydrogens is 178 g/mol. The third-order valence-electron chi connectivity index (χ3n) is 0.682. The van der Waals surface area contributed by atoms with Gasteiger partial charge in [-0.2, -0.15) is 0 Å². The molecule has 0 atom stereocenters. The minimum atomic E-state index is -1.02. The lowest BCUT2D eigenvalue weighted by atomic mass is 10.8. The van der Waals surface area contributed by atoms with Crippen LogP contribution < -0.4 is 0 Å². The highest BCUT2D eigenvalue weighted by molar-refractivity contribution is 6.69. The van der Waals surface area contributed by atoms with Crippen LogP contribution in [0, 0.1) is 0 Å². The monoisotopic (exact) mass is 176 g/mol. The second-order valence-corrected chi connectivity index (χ2v) is 3.29. The third-order valence-corrected chi connectivity index (χ3v) is 2.87. The van der Waals surface area contributed by atoms with E-state index in [0.717, 1.165) is 0 Å². The molecule has 4 heteroatoms. The fourth-order valence-corrected chi connectivity index (χ4v) is 1.09. The van der Waals surface area contributed by atoms with Crippen molar-refractivity contribution in [3.05, 3.63) is 10.1 Å². The number of allylic oxidation sites excluding steroid dienone is 2. The molecule has 0 spiro atoms. The molecule has 0 bridgehead atoms. The zero-order valence-electron chi connectivity index (χ0n) is 3.01. The van der Waals surface area contributed by atoms with E-state index in [1.54, 1.807) is 0 Å². The SMILES string of the molecule is ClC1=C(Cl)C1(Cl)Cl. The molecule has 40 valence electrons. The first-order chi connectivity index (χ1) is 3.07. The first-order valence-corrected chi connectivity index (χ1v) is 3.02. The van der Waals surface area contributed by atoms with Crippen LogP contribution in [0.3, 0.4) is 0 Å². The zero-order valence-corrected chi connectivity index (χ0v) is 6.04. The molecule has 0 heterocycles. The Bertz CT molecular complexity index is 120. The van der Waals surface area contributed by atoms with E-state index in [9.17, 15) is 0 Å². The van der Waals surface area contributed by atoms with Crippen LogP contribution in [0.1, 0.15) is 0 Å². The molecule has 0 amide bonds. The highest BCUT2D eigenvalue weighted by Crippen LogP contribution is 2.57. The Morgan fingerprint density at radius 1 is 1.00 bits per heavy atom. The molecule has 0 aromatic heterocycles. The summed E-state index contributed by atoms with van der Waals surface area (Å²) in [6.45, 7) is 0. The van der Waals surface area contributed by atoms with Crippen LogP contribution in [0.2, 0.25) is 0 Å². The molecule has 1 aliphatic rings. The Kier molecular flexibility index (Phi) is 1.24. The van der Waals surface area contributed by atoms with Crippen molar-refractivity contribution in [2.45, 2.75) is 4.33 Å². The maximum absolute atomic E-state index is 5.37. The first-order valence-electron chi connectivity index (χ1n) is 1.51. The highest BCUT2D eigenvalue weighted by atomic mass is 35.5. The number of alkyl halides is 2. The molecule has 0 unspecified atom stereocenters. The summed E-state index contributed by atoms with van der Waals surface area (Å²) >= 11 is 21.4. The molecule has 0 N–H and O–H groups in total. The quantitative estimate of drug-likeness (QED) is 0.500. The summed E-state index contributed by atoms with van der Waals surface area (Å²) < 4.78 is -1.02. The highest BCUT2D eigenvalue weighted by Gasteiger charge is 2.49. The second kappa shape index (κ2) is 1.44. The molecule has 1 rings (SSSR count). The smallest absolute Gasteiger partial charge is 0.0888 e.